The van der Waals surface area contributed by atoms with Gasteiger partial charge in [-0.1, -0.05) is 0 Å². The van der Waals surface area contributed by atoms with Crippen LogP contribution in [0, 0.1) is 11.6 Å². The zero-order valence-corrected chi connectivity index (χ0v) is 12.8. The lowest BCUT2D eigenvalue weighted by molar-refractivity contribution is 0.102. The molecule has 7 heteroatoms. The van der Waals surface area contributed by atoms with E-state index in [4.69, 9.17) is 4.74 Å². The monoisotopic (exact) mass is 309 g/mol. The van der Waals surface area contributed by atoms with Crippen LogP contribution in [0.25, 0.3) is 0 Å². The summed E-state index contributed by atoms with van der Waals surface area (Å²) in [4.78, 5) is 11.9. The Morgan fingerprint density at radius 1 is 1.27 bits per heavy atom. The Hall–Kier alpha value is -2.44. The topological polar surface area (TPSA) is 56.2 Å². The fourth-order valence-corrected chi connectivity index (χ4v) is 1.78. The number of benzene rings is 1. The first-order chi connectivity index (χ1) is 10.2. The van der Waals surface area contributed by atoms with Gasteiger partial charge in [0.25, 0.3) is 5.91 Å². The molecule has 1 N–H and O–H groups in total. The number of amides is 1. The molecule has 1 heterocycles. The summed E-state index contributed by atoms with van der Waals surface area (Å²) in [5.41, 5.74) is -0.439. The summed E-state index contributed by atoms with van der Waals surface area (Å²) in [6.45, 7) is 5.05. The molecule has 1 aromatic heterocycles. The molecule has 0 atom stereocenters. The van der Waals surface area contributed by atoms with Crippen molar-refractivity contribution in [2.75, 3.05) is 5.32 Å². The van der Waals surface area contributed by atoms with Crippen LogP contribution in [0.2, 0.25) is 0 Å². The number of carbonyl (C=O) groups excluding carboxylic acids is 1. The van der Waals surface area contributed by atoms with Crippen LogP contribution in [0.4, 0.5) is 14.5 Å². The zero-order chi connectivity index (χ0) is 16.5. The van der Waals surface area contributed by atoms with Gasteiger partial charge in [-0.2, -0.15) is 5.10 Å². The van der Waals surface area contributed by atoms with Gasteiger partial charge in [0.2, 0.25) is 0 Å². The highest BCUT2D eigenvalue weighted by Gasteiger charge is 2.20. The smallest absolute Gasteiger partial charge is 0.258 e. The molecule has 1 aromatic carbocycles. The van der Waals surface area contributed by atoms with Gasteiger partial charge in [0.05, 0.1) is 11.8 Å². The maximum absolute atomic E-state index is 14.0. The summed E-state index contributed by atoms with van der Waals surface area (Å²) in [5, 5.41) is 6.27. The third kappa shape index (κ3) is 3.81. The molecule has 1 amide bonds. The fraction of sp³-hybridized carbons (Fsp3) is 0.333. The second-order valence-electron chi connectivity index (χ2n) is 5.84. The molecule has 2 rings (SSSR count). The number of hydrogen-bond acceptors (Lipinski definition) is 3. The third-order valence-corrected chi connectivity index (χ3v) is 2.63. The molecule has 0 saturated carbocycles. The summed E-state index contributed by atoms with van der Waals surface area (Å²) >= 11 is 0. The fourth-order valence-electron chi connectivity index (χ4n) is 1.78. The van der Waals surface area contributed by atoms with E-state index in [0.29, 0.717) is 5.56 Å². The van der Waals surface area contributed by atoms with E-state index in [9.17, 15) is 13.6 Å². The predicted molar refractivity (Wildman–Crippen MR) is 77.9 cm³/mol. The van der Waals surface area contributed by atoms with Crippen LogP contribution in [0.5, 0.6) is 5.75 Å². The van der Waals surface area contributed by atoms with Crippen molar-refractivity contribution in [2.24, 2.45) is 7.05 Å². The number of ether oxygens (including phenoxy) is 1. The van der Waals surface area contributed by atoms with E-state index in [0.717, 1.165) is 12.1 Å². The lowest BCUT2D eigenvalue weighted by Gasteiger charge is -2.22. The highest BCUT2D eigenvalue weighted by atomic mass is 19.1. The maximum Gasteiger partial charge on any atom is 0.258 e. The minimum atomic E-state index is -0.878. The number of rotatable bonds is 3. The number of nitrogens with zero attached hydrogens (tertiary/aromatic N) is 2. The van der Waals surface area contributed by atoms with Gasteiger partial charge >= 0.3 is 0 Å². The summed E-state index contributed by atoms with van der Waals surface area (Å²) in [6.07, 6.45) is 2.86. The Kier molecular flexibility index (Phi) is 4.16. The quantitative estimate of drug-likeness (QED) is 0.947. The molecule has 0 unspecified atom stereocenters. The van der Waals surface area contributed by atoms with E-state index < -0.39 is 28.9 Å². The normalized spacial score (nSPS) is 11.4. The van der Waals surface area contributed by atoms with Crippen molar-refractivity contribution in [1.29, 1.82) is 0 Å². The second kappa shape index (κ2) is 5.75. The molecule has 0 spiro atoms. The Balaban J connectivity index is 2.21. The third-order valence-electron chi connectivity index (χ3n) is 2.63. The molecule has 0 saturated heterocycles. The lowest BCUT2D eigenvalue weighted by Crippen LogP contribution is -2.24. The van der Waals surface area contributed by atoms with E-state index in [2.05, 4.69) is 10.4 Å². The molecule has 0 aliphatic rings. The van der Waals surface area contributed by atoms with Gasteiger partial charge in [-0.3, -0.25) is 9.48 Å². The largest absolute Gasteiger partial charge is 0.482 e. The average Bonchev–Trinajstić information content (AvgIpc) is 2.79. The number of aryl methyl sites for hydroxylation is 1. The van der Waals surface area contributed by atoms with Gasteiger partial charge in [0.15, 0.2) is 17.4 Å². The summed E-state index contributed by atoms with van der Waals surface area (Å²) < 4.78 is 34.6. The van der Waals surface area contributed by atoms with Gasteiger partial charge in [-0.15, -0.1) is 0 Å². The van der Waals surface area contributed by atoms with E-state index in [1.165, 1.54) is 17.1 Å². The average molecular weight is 309 g/mol. The number of anilines is 1. The molecule has 22 heavy (non-hydrogen) atoms. The first-order valence-electron chi connectivity index (χ1n) is 6.64. The summed E-state index contributed by atoms with van der Waals surface area (Å²) in [6, 6.07) is 2.02. The molecular weight excluding hydrogens is 292 g/mol. The predicted octanol–water partition coefficient (Wildman–Crippen LogP) is 3.13. The molecular formula is C15H17F2N3O2. The highest BCUT2D eigenvalue weighted by Crippen LogP contribution is 2.29. The number of nitrogens with one attached hydrogen (secondary N) is 1. The molecule has 0 aliphatic carbocycles. The molecule has 2 aromatic rings. The molecule has 0 fully saturated rings. The van der Waals surface area contributed by atoms with Crippen molar-refractivity contribution >= 4 is 11.6 Å². The van der Waals surface area contributed by atoms with Crippen molar-refractivity contribution in [3.05, 3.63) is 41.7 Å². The number of halogens is 2. The SMILES string of the molecule is Cn1cc(C(=O)Nc2cc(F)c(OC(C)(C)C)c(F)c2)cn1. The van der Waals surface area contributed by atoms with E-state index in [1.807, 2.05) is 0 Å². The minimum Gasteiger partial charge on any atom is -0.482 e. The van der Waals surface area contributed by atoms with E-state index in [1.54, 1.807) is 27.8 Å². The molecule has 5 nitrogen and oxygen atoms in total. The molecule has 0 radical (unpaired) electrons. The lowest BCUT2D eigenvalue weighted by atomic mass is 10.2. The van der Waals surface area contributed by atoms with Crippen LogP contribution < -0.4 is 10.1 Å². The molecule has 118 valence electrons. The number of aromatic nitrogens is 2. The molecule has 0 bridgehead atoms. The van der Waals surface area contributed by atoms with E-state index in [-0.39, 0.29) is 5.69 Å². The van der Waals surface area contributed by atoms with Crippen LogP contribution in [0.3, 0.4) is 0 Å². The zero-order valence-electron chi connectivity index (χ0n) is 12.8. The Bertz CT molecular complexity index is 682. The van der Waals surface area contributed by atoms with Crippen LogP contribution in [0.15, 0.2) is 24.5 Å². The number of carbonyl (C=O) groups is 1. The first kappa shape index (κ1) is 15.9. The van der Waals surface area contributed by atoms with Gasteiger partial charge in [0.1, 0.15) is 5.60 Å². The first-order valence-corrected chi connectivity index (χ1v) is 6.64. The second-order valence-corrected chi connectivity index (χ2v) is 5.84. The van der Waals surface area contributed by atoms with Crippen molar-refractivity contribution in [3.8, 4) is 5.75 Å². The van der Waals surface area contributed by atoms with Gasteiger partial charge in [-0.05, 0) is 20.8 Å². The van der Waals surface area contributed by atoms with Crippen LogP contribution in [-0.4, -0.2) is 21.3 Å². The number of hydrogen-bond donors (Lipinski definition) is 1. The van der Waals surface area contributed by atoms with Crippen LogP contribution in [-0.2, 0) is 7.05 Å². The van der Waals surface area contributed by atoms with Crippen molar-refractivity contribution in [3.63, 3.8) is 0 Å². The molecule has 0 aliphatic heterocycles. The van der Waals surface area contributed by atoms with Crippen molar-refractivity contribution < 1.29 is 18.3 Å². The summed E-state index contributed by atoms with van der Waals surface area (Å²) in [7, 11) is 1.66. The van der Waals surface area contributed by atoms with E-state index >= 15 is 0 Å². The van der Waals surface area contributed by atoms with Crippen LogP contribution in [0.1, 0.15) is 31.1 Å². The standard InChI is InChI=1S/C15H17F2N3O2/c1-15(2,3)22-13-11(16)5-10(6-12(13)17)19-14(21)9-7-18-20(4)8-9/h5-8H,1-4H3,(H,19,21). The Morgan fingerprint density at radius 3 is 2.32 bits per heavy atom. The Labute approximate surface area is 126 Å². The van der Waals surface area contributed by atoms with Crippen molar-refractivity contribution in [2.45, 2.75) is 26.4 Å². The van der Waals surface area contributed by atoms with Gasteiger partial charge < -0.3 is 10.1 Å². The highest BCUT2D eigenvalue weighted by molar-refractivity contribution is 6.03. The van der Waals surface area contributed by atoms with Gasteiger partial charge in [-0.25, -0.2) is 8.78 Å². The van der Waals surface area contributed by atoms with Gasteiger partial charge in [0, 0.05) is 31.1 Å². The maximum atomic E-state index is 14.0. The van der Waals surface area contributed by atoms with Crippen LogP contribution >= 0.6 is 0 Å². The summed E-state index contributed by atoms with van der Waals surface area (Å²) in [5.74, 6) is -2.73. The van der Waals surface area contributed by atoms with Crippen molar-refractivity contribution in [1.82, 2.24) is 9.78 Å². The minimum absolute atomic E-state index is 0.00473. The Morgan fingerprint density at radius 2 is 1.86 bits per heavy atom.